The van der Waals surface area contributed by atoms with Gasteiger partial charge >= 0.3 is 5.97 Å². The summed E-state index contributed by atoms with van der Waals surface area (Å²) in [5.74, 6) is -1.49. The van der Waals surface area contributed by atoms with Gasteiger partial charge in [0, 0.05) is 43.3 Å². The van der Waals surface area contributed by atoms with Crippen molar-refractivity contribution in [1.29, 1.82) is 0 Å². The number of methoxy groups -OCH3 is 1. The fourth-order valence-corrected chi connectivity index (χ4v) is 5.41. The first-order chi connectivity index (χ1) is 15.7. The smallest absolute Gasteiger partial charge is 0.336 e. The van der Waals surface area contributed by atoms with Gasteiger partial charge in [-0.1, -0.05) is 30.7 Å². The number of esters is 1. The summed E-state index contributed by atoms with van der Waals surface area (Å²) >= 11 is 6.22. The van der Waals surface area contributed by atoms with Gasteiger partial charge in [-0.2, -0.15) is 0 Å². The van der Waals surface area contributed by atoms with Gasteiger partial charge in [-0.15, -0.1) is 0 Å². The van der Waals surface area contributed by atoms with E-state index in [0.29, 0.717) is 41.6 Å². The Morgan fingerprint density at radius 3 is 2.58 bits per heavy atom. The van der Waals surface area contributed by atoms with Crippen LogP contribution < -0.4 is 10.0 Å². The van der Waals surface area contributed by atoms with Crippen LogP contribution in [0.25, 0.3) is 0 Å². The molecule has 1 aromatic carbocycles. The Balaban J connectivity index is 2.42. The minimum Gasteiger partial charge on any atom is -0.460 e. The minimum atomic E-state index is -3.94. The zero-order valence-corrected chi connectivity index (χ0v) is 21.1. The van der Waals surface area contributed by atoms with Crippen molar-refractivity contribution in [3.63, 3.8) is 0 Å². The molecular formula is C23H33ClN2O6S. The van der Waals surface area contributed by atoms with Crippen molar-refractivity contribution in [2.24, 2.45) is 0 Å². The molecule has 1 aliphatic rings. The number of hydrogen-bond donors (Lipinski definition) is 2. The highest BCUT2D eigenvalue weighted by molar-refractivity contribution is 7.93. The van der Waals surface area contributed by atoms with Crippen LogP contribution in [0.3, 0.4) is 0 Å². The van der Waals surface area contributed by atoms with Gasteiger partial charge < -0.3 is 19.5 Å². The van der Waals surface area contributed by atoms with Crippen LogP contribution in [-0.2, 0) is 29.0 Å². The lowest BCUT2D eigenvalue weighted by molar-refractivity contribution is -0.140. The summed E-state index contributed by atoms with van der Waals surface area (Å²) in [7, 11) is -2.39. The number of dihydropyridines is 1. The minimum absolute atomic E-state index is 0.0574. The number of sulfonamides is 1. The molecule has 1 unspecified atom stereocenters. The fourth-order valence-electron chi connectivity index (χ4n) is 3.62. The second-order valence-corrected chi connectivity index (χ2v) is 9.81. The van der Waals surface area contributed by atoms with Crippen LogP contribution in [0.4, 0.5) is 0 Å². The summed E-state index contributed by atoms with van der Waals surface area (Å²) in [5, 5.41) is 3.48. The number of benzene rings is 1. The molecule has 0 fully saturated rings. The normalized spacial score (nSPS) is 16.7. The van der Waals surface area contributed by atoms with Crippen LogP contribution in [0.5, 0.6) is 0 Å². The van der Waals surface area contributed by atoms with Crippen molar-refractivity contribution in [1.82, 2.24) is 10.0 Å². The Morgan fingerprint density at radius 1 is 1.15 bits per heavy atom. The maximum Gasteiger partial charge on any atom is 0.336 e. The molecule has 0 spiro atoms. The van der Waals surface area contributed by atoms with Gasteiger partial charge in [0.25, 0.3) is 0 Å². The lowest BCUT2D eigenvalue weighted by Gasteiger charge is -2.31. The highest BCUT2D eigenvalue weighted by Gasteiger charge is 2.40. The molecule has 1 aromatic rings. The summed E-state index contributed by atoms with van der Waals surface area (Å²) in [5.41, 5.74) is 1.75. The van der Waals surface area contributed by atoms with Crippen LogP contribution in [-0.4, -0.2) is 54.5 Å². The maximum absolute atomic E-state index is 13.4. The number of hydrogen-bond acceptors (Lipinski definition) is 7. The monoisotopic (exact) mass is 500 g/mol. The number of nitrogens with one attached hydrogen (secondary N) is 2. The van der Waals surface area contributed by atoms with E-state index in [1.165, 1.54) is 0 Å². The molecule has 2 N–H and O–H groups in total. The molecule has 184 valence electrons. The van der Waals surface area contributed by atoms with Crippen molar-refractivity contribution < 1.29 is 27.4 Å². The third kappa shape index (κ3) is 7.55. The van der Waals surface area contributed by atoms with Gasteiger partial charge in [0.1, 0.15) is 6.61 Å². The predicted molar refractivity (Wildman–Crippen MR) is 128 cm³/mol. The van der Waals surface area contributed by atoms with Crippen molar-refractivity contribution in [3.05, 3.63) is 56.7 Å². The molecule has 0 saturated heterocycles. The van der Waals surface area contributed by atoms with Gasteiger partial charge in [0.05, 0.1) is 23.0 Å². The van der Waals surface area contributed by atoms with Crippen molar-refractivity contribution in [3.8, 4) is 0 Å². The Kier molecular flexibility index (Phi) is 10.9. The van der Waals surface area contributed by atoms with E-state index in [9.17, 15) is 13.2 Å². The first-order valence-corrected chi connectivity index (χ1v) is 12.8. The maximum atomic E-state index is 13.4. The predicted octanol–water partition coefficient (Wildman–Crippen LogP) is 3.46. The van der Waals surface area contributed by atoms with Gasteiger partial charge in [-0.3, -0.25) is 0 Å². The van der Waals surface area contributed by atoms with Crippen LogP contribution in [0.2, 0.25) is 5.02 Å². The molecule has 0 aromatic heterocycles. The molecule has 33 heavy (non-hydrogen) atoms. The number of carbonyl (C=O) groups excluding carboxylic acids is 1. The number of halogens is 1. The Bertz CT molecular complexity index is 990. The summed E-state index contributed by atoms with van der Waals surface area (Å²) in [6, 6.07) is 6.83. The zero-order valence-electron chi connectivity index (χ0n) is 19.6. The number of ether oxygens (including phenoxy) is 3. The topological polar surface area (TPSA) is 103 Å². The van der Waals surface area contributed by atoms with E-state index in [1.807, 2.05) is 6.92 Å². The summed E-state index contributed by atoms with van der Waals surface area (Å²) < 4.78 is 45.1. The average Bonchev–Trinajstić information content (AvgIpc) is 2.75. The number of allylic oxidation sites excluding steroid dienone is 3. The Labute approximate surface area is 201 Å². The summed E-state index contributed by atoms with van der Waals surface area (Å²) in [4.78, 5) is 13.2. The van der Waals surface area contributed by atoms with Crippen LogP contribution in [0, 0.1) is 0 Å². The highest BCUT2D eigenvalue weighted by atomic mass is 35.5. The summed E-state index contributed by atoms with van der Waals surface area (Å²) in [6.07, 6.45) is 1.38. The molecule has 2 rings (SSSR count). The Hall–Kier alpha value is -1.91. The van der Waals surface area contributed by atoms with Crippen LogP contribution in [0.15, 0.2) is 46.1 Å². The SMILES string of the molecule is CCCOCCOC(=O)C1=C(C)NC(C)=C(S(=O)(=O)NCCCOC)C1c1cccc(Cl)c1. The lowest BCUT2D eigenvalue weighted by atomic mass is 9.86. The average molecular weight is 501 g/mol. The molecule has 1 heterocycles. The fraction of sp³-hybridized carbons (Fsp3) is 0.522. The number of carbonyl (C=O) groups is 1. The van der Waals surface area contributed by atoms with Gasteiger partial charge in [0.2, 0.25) is 10.0 Å². The third-order valence-corrected chi connectivity index (χ3v) is 6.96. The van der Waals surface area contributed by atoms with Crippen molar-refractivity contribution >= 4 is 27.6 Å². The van der Waals surface area contributed by atoms with Crippen LogP contribution >= 0.6 is 11.6 Å². The van der Waals surface area contributed by atoms with E-state index in [-0.39, 0.29) is 30.2 Å². The van der Waals surface area contributed by atoms with Gasteiger partial charge in [-0.05, 0) is 44.4 Å². The Morgan fingerprint density at radius 2 is 1.91 bits per heavy atom. The van der Waals surface area contributed by atoms with Gasteiger partial charge in [-0.25, -0.2) is 17.9 Å². The summed E-state index contributed by atoms with van der Waals surface area (Å²) in [6.45, 7) is 6.92. The molecular weight excluding hydrogens is 468 g/mol. The standard InChI is InChI=1S/C23H33ClN2O6S/c1-5-11-31-13-14-32-23(27)20-16(2)26-17(3)22(33(28,29)25-10-7-12-30-4)21(20)18-8-6-9-19(24)15-18/h6,8-9,15,21,25-26H,5,7,10-14H2,1-4H3. The van der Waals surface area contributed by atoms with E-state index < -0.39 is 21.9 Å². The van der Waals surface area contributed by atoms with Gasteiger partial charge in [0.15, 0.2) is 0 Å². The van der Waals surface area contributed by atoms with Crippen LogP contribution in [0.1, 0.15) is 45.1 Å². The quantitative estimate of drug-likeness (QED) is 0.316. The van der Waals surface area contributed by atoms with Crippen molar-refractivity contribution in [2.75, 3.05) is 40.1 Å². The first-order valence-electron chi connectivity index (χ1n) is 10.9. The molecule has 10 heteroatoms. The van der Waals surface area contributed by atoms with E-state index in [0.717, 1.165) is 6.42 Å². The largest absolute Gasteiger partial charge is 0.460 e. The second kappa shape index (κ2) is 13.1. The molecule has 0 saturated carbocycles. The number of rotatable bonds is 13. The van der Waals surface area contributed by atoms with E-state index in [2.05, 4.69) is 10.0 Å². The lowest BCUT2D eigenvalue weighted by Crippen LogP contribution is -2.37. The molecule has 0 amide bonds. The van der Waals surface area contributed by atoms with E-state index >= 15 is 0 Å². The molecule has 1 aliphatic heterocycles. The van der Waals surface area contributed by atoms with E-state index in [1.54, 1.807) is 45.2 Å². The van der Waals surface area contributed by atoms with E-state index in [4.69, 9.17) is 25.8 Å². The highest BCUT2D eigenvalue weighted by Crippen LogP contribution is 2.41. The second-order valence-electron chi connectivity index (χ2n) is 7.63. The zero-order chi connectivity index (χ0) is 24.4. The first kappa shape index (κ1) is 27.3. The molecule has 0 bridgehead atoms. The molecule has 1 atom stereocenters. The van der Waals surface area contributed by atoms with Crippen molar-refractivity contribution in [2.45, 2.75) is 39.5 Å². The molecule has 0 aliphatic carbocycles. The molecule has 0 radical (unpaired) electrons. The third-order valence-electron chi connectivity index (χ3n) is 5.02. The molecule has 8 nitrogen and oxygen atoms in total.